The van der Waals surface area contributed by atoms with E-state index in [1.54, 1.807) is 36.2 Å². The first-order valence-electron chi connectivity index (χ1n) is 8.98. The van der Waals surface area contributed by atoms with Crippen molar-refractivity contribution in [3.63, 3.8) is 0 Å². The van der Waals surface area contributed by atoms with E-state index in [0.29, 0.717) is 17.0 Å². The number of aryl methyl sites for hydroxylation is 2. The Hall–Kier alpha value is -3.50. The number of hydrazone groups is 1. The Kier molecular flexibility index (Phi) is 4.48. The Bertz CT molecular complexity index is 1430. The quantitative estimate of drug-likeness (QED) is 0.637. The fourth-order valence-electron chi connectivity index (χ4n) is 3.42. The van der Waals surface area contributed by atoms with Crippen LogP contribution in [0.3, 0.4) is 0 Å². The highest BCUT2D eigenvalue weighted by atomic mass is 32.2. The summed E-state index contributed by atoms with van der Waals surface area (Å²) in [6.07, 6.45) is 1.72. The Balaban J connectivity index is 1.70. The number of aromatic nitrogens is 2. The van der Waals surface area contributed by atoms with Gasteiger partial charge in [0.25, 0.3) is 5.91 Å². The van der Waals surface area contributed by atoms with Gasteiger partial charge in [-0.1, -0.05) is 6.07 Å². The van der Waals surface area contributed by atoms with Crippen LogP contribution in [0.5, 0.6) is 0 Å². The van der Waals surface area contributed by atoms with Crippen LogP contribution in [0.1, 0.15) is 12.5 Å². The summed E-state index contributed by atoms with van der Waals surface area (Å²) in [5.41, 5.74) is 3.54. The molecule has 0 bridgehead atoms. The van der Waals surface area contributed by atoms with Gasteiger partial charge in [-0.2, -0.15) is 10.1 Å². The molecular formula is C20H19N5O4S. The Morgan fingerprint density at radius 1 is 0.967 bits per heavy atom. The van der Waals surface area contributed by atoms with Gasteiger partial charge in [-0.3, -0.25) is 13.9 Å². The number of primary sulfonamides is 1. The van der Waals surface area contributed by atoms with E-state index in [-0.39, 0.29) is 16.5 Å². The lowest BCUT2D eigenvalue weighted by molar-refractivity contribution is -0.114. The molecule has 0 atom stereocenters. The van der Waals surface area contributed by atoms with Crippen molar-refractivity contribution in [3.8, 4) is 0 Å². The minimum atomic E-state index is -3.82. The topological polar surface area (TPSA) is 120 Å². The summed E-state index contributed by atoms with van der Waals surface area (Å²) in [5, 5.41) is 10.6. The highest BCUT2D eigenvalue weighted by molar-refractivity contribution is 7.89. The number of hydrogen-bond acceptors (Lipinski definition) is 5. The highest BCUT2D eigenvalue weighted by Crippen LogP contribution is 2.26. The number of carbonyl (C=O) groups is 1. The molecule has 2 N–H and O–H groups in total. The average Bonchev–Trinajstić information content (AvgIpc) is 3.10. The molecule has 30 heavy (non-hydrogen) atoms. The number of nitrogens with two attached hydrogens (primary N) is 1. The predicted octanol–water partition coefficient (Wildman–Crippen LogP) is 1.33. The van der Waals surface area contributed by atoms with Crippen LogP contribution in [0.4, 0.5) is 5.69 Å². The fourth-order valence-corrected chi connectivity index (χ4v) is 3.93. The van der Waals surface area contributed by atoms with Crippen molar-refractivity contribution in [2.45, 2.75) is 11.8 Å². The molecule has 1 aromatic heterocycles. The normalized spacial score (nSPS) is 16.0. The van der Waals surface area contributed by atoms with Gasteiger partial charge in [-0.25, -0.2) is 18.4 Å². The van der Waals surface area contributed by atoms with Crippen LogP contribution in [-0.4, -0.2) is 29.2 Å². The fraction of sp³-hybridized carbons (Fsp3) is 0.150. The molecular weight excluding hydrogens is 406 g/mol. The molecule has 0 saturated heterocycles. The van der Waals surface area contributed by atoms with Crippen molar-refractivity contribution in [1.82, 2.24) is 9.13 Å². The number of nitrogens with zero attached hydrogens (tertiary/aromatic N) is 4. The monoisotopic (exact) mass is 425 g/mol. The molecule has 0 radical (unpaired) electrons. The number of benzene rings is 2. The zero-order chi connectivity index (χ0) is 21.8. The molecule has 154 valence electrons. The summed E-state index contributed by atoms with van der Waals surface area (Å²) in [6.45, 7) is 1.72. The molecule has 0 spiro atoms. The second-order valence-corrected chi connectivity index (χ2v) is 8.61. The van der Waals surface area contributed by atoms with Crippen LogP contribution in [-0.2, 0) is 28.9 Å². The van der Waals surface area contributed by atoms with Crippen LogP contribution in [0.2, 0.25) is 0 Å². The van der Waals surface area contributed by atoms with E-state index in [1.807, 2.05) is 18.2 Å². The van der Waals surface area contributed by atoms with E-state index in [4.69, 9.17) is 5.14 Å². The van der Waals surface area contributed by atoms with Crippen molar-refractivity contribution < 1.29 is 13.2 Å². The van der Waals surface area contributed by atoms with Gasteiger partial charge in [0, 0.05) is 14.1 Å². The van der Waals surface area contributed by atoms with Crippen LogP contribution in [0.25, 0.3) is 17.1 Å². The van der Waals surface area contributed by atoms with E-state index in [1.165, 1.54) is 29.3 Å². The molecule has 1 aliphatic rings. The first-order chi connectivity index (χ1) is 14.1. The van der Waals surface area contributed by atoms with Crippen molar-refractivity contribution in [3.05, 3.63) is 64.1 Å². The molecule has 0 aliphatic carbocycles. The van der Waals surface area contributed by atoms with Crippen molar-refractivity contribution in [2.75, 3.05) is 5.01 Å². The van der Waals surface area contributed by atoms with Gasteiger partial charge in [0.05, 0.1) is 32.9 Å². The molecule has 4 rings (SSSR count). The molecule has 0 fully saturated rings. The highest BCUT2D eigenvalue weighted by Gasteiger charge is 2.29. The summed E-state index contributed by atoms with van der Waals surface area (Å²) < 4.78 is 25.9. The maximum Gasteiger partial charge on any atom is 0.328 e. The maximum absolute atomic E-state index is 12.9. The van der Waals surface area contributed by atoms with E-state index in [0.717, 1.165) is 16.6 Å². The molecule has 0 unspecified atom stereocenters. The average molecular weight is 425 g/mol. The van der Waals surface area contributed by atoms with Gasteiger partial charge in [-0.15, -0.1) is 0 Å². The number of imidazole rings is 1. The van der Waals surface area contributed by atoms with Crippen LogP contribution >= 0.6 is 0 Å². The van der Waals surface area contributed by atoms with Crippen molar-refractivity contribution in [1.29, 1.82) is 0 Å². The standard InChI is InChI=1S/C20H19N5O4S/c1-12-16(10-13-4-9-17-18(11-13)24(3)20(27)23(17)2)19(26)25(22-12)14-5-7-15(8-6-14)30(21,28)29/h4-11H,1-3H3,(H2,21,28,29). The Labute approximate surface area is 172 Å². The predicted molar refractivity (Wildman–Crippen MR) is 115 cm³/mol. The summed E-state index contributed by atoms with van der Waals surface area (Å²) in [6, 6.07) is 11.1. The van der Waals surface area contributed by atoms with Crippen molar-refractivity contribution >= 4 is 44.4 Å². The number of fused-ring (bicyclic) bond motifs is 1. The van der Waals surface area contributed by atoms with E-state index in [2.05, 4.69) is 5.10 Å². The van der Waals surface area contributed by atoms with Gasteiger partial charge in [0.15, 0.2) is 0 Å². The molecule has 0 saturated carbocycles. The third-order valence-electron chi connectivity index (χ3n) is 5.08. The molecule has 9 nitrogen and oxygen atoms in total. The summed E-state index contributed by atoms with van der Waals surface area (Å²) in [5.74, 6) is -0.335. The van der Waals surface area contributed by atoms with Crippen LogP contribution < -0.4 is 15.8 Å². The number of rotatable bonds is 3. The zero-order valence-electron chi connectivity index (χ0n) is 16.5. The Morgan fingerprint density at radius 2 is 1.60 bits per heavy atom. The number of carbonyl (C=O) groups excluding carboxylic acids is 1. The molecule has 1 amide bonds. The first kappa shape index (κ1) is 19.8. The maximum atomic E-state index is 12.9. The van der Waals surface area contributed by atoms with Crippen molar-refractivity contribution in [2.24, 2.45) is 24.3 Å². The third-order valence-corrected chi connectivity index (χ3v) is 6.01. The molecule has 10 heteroatoms. The minimum absolute atomic E-state index is 0.0452. The van der Waals surface area contributed by atoms with Gasteiger partial charge >= 0.3 is 5.69 Å². The number of anilines is 1. The largest absolute Gasteiger partial charge is 0.328 e. The summed E-state index contributed by atoms with van der Waals surface area (Å²) in [4.78, 5) is 25.0. The smallest absolute Gasteiger partial charge is 0.295 e. The second kappa shape index (κ2) is 6.78. The SMILES string of the molecule is CC1=NN(c2ccc(S(N)(=O)=O)cc2)C(=O)C1=Cc1ccc2c(c1)n(C)c(=O)n2C. The van der Waals surface area contributed by atoms with E-state index < -0.39 is 10.0 Å². The lowest BCUT2D eigenvalue weighted by atomic mass is 10.1. The van der Waals surface area contributed by atoms with E-state index in [9.17, 15) is 18.0 Å². The Morgan fingerprint density at radius 3 is 2.23 bits per heavy atom. The zero-order valence-corrected chi connectivity index (χ0v) is 17.3. The van der Waals surface area contributed by atoms with Crippen LogP contribution in [0, 0.1) is 0 Å². The number of sulfonamides is 1. The molecule has 2 heterocycles. The number of hydrogen-bond donors (Lipinski definition) is 1. The van der Waals surface area contributed by atoms with Gasteiger partial charge in [0.2, 0.25) is 10.0 Å². The minimum Gasteiger partial charge on any atom is -0.295 e. The molecule has 2 aromatic carbocycles. The second-order valence-electron chi connectivity index (χ2n) is 7.05. The molecule has 3 aromatic rings. The lowest BCUT2D eigenvalue weighted by Gasteiger charge is -2.12. The van der Waals surface area contributed by atoms with Crippen LogP contribution in [0.15, 0.2) is 62.8 Å². The van der Waals surface area contributed by atoms with Gasteiger partial charge in [-0.05, 0) is 55.0 Å². The summed E-state index contributed by atoms with van der Waals surface area (Å²) in [7, 11) is -0.414. The molecule has 1 aliphatic heterocycles. The van der Waals surface area contributed by atoms with Gasteiger partial charge < -0.3 is 0 Å². The third kappa shape index (κ3) is 3.15. The number of amides is 1. The first-order valence-corrected chi connectivity index (χ1v) is 10.5. The lowest BCUT2D eigenvalue weighted by Crippen LogP contribution is -2.21. The van der Waals surface area contributed by atoms with Gasteiger partial charge in [0.1, 0.15) is 0 Å². The summed E-state index contributed by atoms with van der Waals surface area (Å²) >= 11 is 0. The van der Waals surface area contributed by atoms with E-state index >= 15 is 0 Å².